The van der Waals surface area contributed by atoms with E-state index in [-0.39, 0.29) is 21.7 Å². The Morgan fingerprint density at radius 2 is 0.430 bits per heavy atom. The highest BCUT2D eigenvalue weighted by molar-refractivity contribution is 5.67. The molecular weight excluding hydrogens is 1030 g/mol. The molecule has 8 aliphatic rings. The van der Waals surface area contributed by atoms with Crippen LogP contribution in [0, 0.1) is 94.7 Å². The van der Waals surface area contributed by atoms with Gasteiger partial charge in [0.2, 0.25) is 0 Å². The van der Waals surface area contributed by atoms with E-state index in [9.17, 15) is 0 Å². The maximum atomic E-state index is 3.70. The normalized spacial score (nSPS) is 24.7. The summed E-state index contributed by atoms with van der Waals surface area (Å²) in [6.45, 7) is 0. The highest BCUT2D eigenvalue weighted by atomic mass is 14.6. The lowest BCUT2D eigenvalue weighted by Crippen LogP contribution is -2.56. The van der Waals surface area contributed by atoms with Crippen molar-refractivity contribution in [2.75, 3.05) is 0 Å². The van der Waals surface area contributed by atoms with Crippen LogP contribution in [0.5, 0.6) is 0 Å². The average Bonchev–Trinajstić information content (AvgIpc) is 1.08. The molecule has 0 heterocycles. The topological polar surface area (TPSA) is 0 Å². The van der Waals surface area contributed by atoms with Crippen LogP contribution in [0.15, 0.2) is 231 Å². The van der Waals surface area contributed by atoms with Crippen molar-refractivity contribution in [3.05, 3.63) is 320 Å². The molecule has 8 aliphatic carbocycles. The van der Waals surface area contributed by atoms with E-state index in [2.05, 4.69) is 289 Å². The van der Waals surface area contributed by atoms with Gasteiger partial charge in [-0.15, -0.1) is 0 Å². The molecule has 0 heteroatoms. The molecular formula is C86H66. The van der Waals surface area contributed by atoms with Crippen LogP contribution in [0.1, 0.15) is 166 Å². The fourth-order valence-electron chi connectivity index (χ4n) is 17.6. The minimum absolute atomic E-state index is 0.0180. The van der Waals surface area contributed by atoms with E-state index in [4.69, 9.17) is 0 Å². The predicted molar refractivity (Wildman–Crippen MR) is 350 cm³/mol. The van der Waals surface area contributed by atoms with Gasteiger partial charge in [0.1, 0.15) is 0 Å². The van der Waals surface area contributed by atoms with Gasteiger partial charge in [-0.2, -0.15) is 0 Å². The minimum Gasteiger partial charge on any atom is -0.0622 e. The quantitative estimate of drug-likeness (QED) is 0.154. The summed E-state index contributed by atoms with van der Waals surface area (Å²) in [5.74, 6) is 46.0. The fraction of sp³-hybridized carbons (Fsp3) is 0.233. The zero-order valence-corrected chi connectivity index (χ0v) is 48.7. The van der Waals surface area contributed by atoms with Crippen LogP contribution in [0.25, 0.3) is 0 Å². The van der Waals surface area contributed by atoms with E-state index in [0.717, 1.165) is 79.6 Å². The number of benzene rings is 9. The van der Waals surface area contributed by atoms with Gasteiger partial charge in [-0.25, -0.2) is 0 Å². The molecule has 0 aromatic heterocycles. The van der Waals surface area contributed by atoms with E-state index in [1.54, 1.807) is 11.1 Å². The third-order valence-corrected chi connectivity index (χ3v) is 20.4. The van der Waals surface area contributed by atoms with Gasteiger partial charge >= 0.3 is 0 Å². The van der Waals surface area contributed by atoms with Crippen LogP contribution in [0.4, 0.5) is 0 Å². The summed E-state index contributed by atoms with van der Waals surface area (Å²) in [4.78, 5) is 0. The maximum absolute atomic E-state index is 3.70. The van der Waals surface area contributed by atoms with E-state index in [1.165, 1.54) is 75.3 Å². The molecule has 0 aliphatic heterocycles. The van der Waals surface area contributed by atoms with Crippen LogP contribution < -0.4 is 0 Å². The van der Waals surface area contributed by atoms with Gasteiger partial charge in [0.05, 0.1) is 11.1 Å². The summed E-state index contributed by atoms with van der Waals surface area (Å²) in [5.41, 5.74) is 17.8. The highest BCUT2D eigenvalue weighted by Crippen LogP contribution is 2.68. The first kappa shape index (κ1) is 53.1. The summed E-state index contributed by atoms with van der Waals surface area (Å²) in [6.07, 6.45) is 14.9. The molecule has 0 saturated heterocycles. The summed E-state index contributed by atoms with van der Waals surface area (Å²) >= 11 is 0. The second-order valence-corrected chi connectivity index (χ2v) is 26.2. The summed E-state index contributed by atoms with van der Waals surface area (Å²) < 4.78 is 0. The summed E-state index contributed by atoms with van der Waals surface area (Å²) in [6, 6.07) is 82.4. The monoisotopic (exact) mass is 1100 g/mol. The Kier molecular flexibility index (Phi) is 13.8. The van der Waals surface area contributed by atoms with Crippen LogP contribution in [0.2, 0.25) is 0 Å². The van der Waals surface area contributed by atoms with Crippen molar-refractivity contribution in [1.82, 2.24) is 0 Å². The molecule has 8 saturated carbocycles. The maximum Gasteiger partial charge on any atom is 0.0562 e. The highest BCUT2D eigenvalue weighted by Gasteiger charge is 2.61. The van der Waals surface area contributed by atoms with Gasteiger partial charge in [-0.05, 0) is 242 Å². The lowest BCUT2D eigenvalue weighted by molar-refractivity contribution is -0.0297. The van der Waals surface area contributed by atoms with Gasteiger partial charge in [0, 0.05) is 55.6 Å². The smallest absolute Gasteiger partial charge is 0.0562 e. The van der Waals surface area contributed by atoms with Crippen molar-refractivity contribution in [3.8, 4) is 71.0 Å². The molecule has 9 aromatic carbocycles. The van der Waals surface area contributed by atoms with Gasteiger partial charge in [0.15, 0.2) is 0 Å². The Bertz CT molecular complexity index is 3960. The average molecular weight is 1100 g/mol. The second kappa shape index (κ2) is 22.4. The van der Waals surface area contributed by atoms with E-state index in [1.807, 2.05) is 12.1 Å². The van der Waals surface area contributed by atoms with Crippen molar-refractivity contribution in [3.63, 3.8) is 0 Å². The third-order valence-electron chi connectivity index (χ3n) is 20.4. The minimum atomic E-state index is 0.0180. The van der Waals surface area contributed by atoms with Crippen molar-refractivity contribution in [1.29, 1.82) is 0 Å². The molecule has 9 aromatic rings. The van der Waals surface area contributed by atoms with Gasteiger partial charge in [-0.1, -0.05) is 205 Å². The molecule has 0 N–H and O–H groups in total. The number of rotatable bonds is 4. The van der Waals surface area contributed by atoms with Crippen molar-refractivity contribution < 1.29 is 0 Å². The molecule has 0 spiro atoms. The number of hydrogen-bond acceptors (Lipinski definition) is 0. The molecule has 0 nitrogen and oxygen atoms in total. The van der Waals surface area contributed by atoms with Gasteiger partial charge < -0.3 is 0 Å². The van der Waals surface area contributed by atoms with E-state index in [0.29, 0.717) is 23.7 Å². The zero-order chi connectivity index (χ0) is 57.4. The molecule has 0 amide bonds. The van der Waals surface area contributed by atoms with Crippen molar-refractivity contribution in [2.45, 2.75) is 98.7 Å². The lowest BCUT2D eigenvalue weighted by atomic mass is 9.41. The summed E-state index contributed by atoms with van der Waals surface area (Å²) in [5, 5.41) is 0. The first-order valence-corrected chi connectivity index (χ1v) is 31.2. The molecule has 86 heavy (non-hydrogen) atoms. The molecule has 8 bridgehead atoms. The SMILES string of the molecule is C(#Cc1cc(C23CC4CC(CC(c5ccc(C67CC8CC(C6)CC(c6cc(C#Cc9ccccc9)c(C#Cc9ccccc9)c(C#Cc9ccccc9)c6)(C8)C7)cc5)(C4)C2)C3)cc(C#Cc2ccccc2)c1C#Cc1ccccc1)c1ccccc1. The lowest BCUT2D eigenvalue weighted by Gasteiger charge is -2.63. The van der Waals surface area contributed by atoms with E-state index >= 15 is 0 Å². The molecule has 4 unspecified atom stereocenters. The number of hydrogen-bond donors (Lipinski definition) is 0. The second-order valence-electron chi connectivity index (χ2n) is 26.2. The van der Waals surface area contributed by atoms with Crippen LogP contribution >= 0.6 is 0 Å². The van der Waals surface area contributed by atoms with Crippen LogP contribution in [0.3, 0.4) is 0 Å². The van der Waals surface area contributed by atoms with Crippen LogP contribution in [-0.2, 0) is 21.7 Å². The summed E-state index contributed by atoms with van der Waals surface area (Å²) in [7, 11) is 0. The van der Waals surface area contributed by atoms with Gasteiger partial charge in [-0.3, -0.25) is 0 Å². The first-order valence-electron chi connectivity index (χ1n) is 31.2. The molecule has 0 radical (unpaired) electrons. The molecule has 410 valence electrons. The Morgan fingerprint density at radius 1 is 0.221 bits per heavy atom. The Hall–Kier alpha value is -9.66. The molecule has 4 atom stereocenters. The molecule has 17 rings (SSSR count). The van der Waals surface area contributed by atoms with E-state index < -0.39 is 0 Å². The fourth-order valence-corrected chi connectivity index (χ4v) is 17.6. The Labute approximate surface area is 510 Å². The first-order chi connectivity index (χ1) is 42.3. The van der Waals surface area contributed by atoms with Crippen molar-refractivity contribution in [2.24, 2.45) is 23.7 Å². The van der Waals surface area contributed by atoms with Crippen molar-refractivity contribution >= 4 is 0 Å². The zero-order valence-electron chi connectivity index (χ0n) is 48.7. The van der Waals surface area contributed by atoms with Gasteiger partial charge in [0.25, 0.3) is 0 Å². The van der Waals surface area contributed by atoms with Crippen LogP contribution in [-0.4, -0.2) is 0 Å². The Morgan fingerprint density at radius 3 is 0.663 bits per heavy atom. The molecule has 8 fully saturated rings. The predicted octanol–water partition coefficient (Wildman–Crippen LogP) is 17.7. The third kappa shape index (κ3) is 10.6. The Balaban J connectivity index is 0.798. The largest absolute Gasteiger partial charge is 0.0622 e. The standard InChI is InChI=1S/C86H66/c1-7-19-63(20-8-1)31-37-73-49-79(50-74(38-32-64-21-9-2-10-22-64)81(73)45-35-67-27-15-5-16-28-67)85-57-69-47-70(58-85)54-83(53-69,61-85)77-41-43-78(44-42-77)84-55-71-48-72(56-84)60-86(59-71,62-84)80-51-75(39-33-65-23-11-3-12-24-65)82(46-36-68-29-17-6-18-30-68)76(52-80)40-34-66-25-13-4-14-26-66/h1-30,41-44,49-52,69-72H,47-48,53-62H2.